The number of rotatable bonds is 6. The van der Waals surface area contributed by atoms with E-state index in [9.17, 15) is 5.11 Å². The monoisotopic (exact) mass is 372 g/mol. The molecule has 0 saturated heterocycles. The summed E-state index contributed by atoms with van der Waals surface area (Å²) in [5, 5.41) is 11.9. The van der Waals surface area contributed by atoms with Crippen molar-refractivity contribution in [3.8, 4) is 0 Å². The first-order chi connectivity index (χ1) is 11.2. The number of allylic oxidation sites excluding steroid dienone is 1. The van der Waals surface area contributed by atoms with E-state index in [1.54, 1.807) is 0 Å². The Hall–Kier alpha value is 0.520. The Kier molecular flexibility index (Phi) is 6.98. The predicted octanol–water partition coefficient (Wildman–Crippen LogP) is 6.11. The Bertz CT molecular complexity index is 463. The smallest absolute Gasteiger partial charge is 0.0732 e. The van der Waals surface area contributed by atoms with Crippen molar-refractivity contribution < 1.29 is 9.63 Å². The van der Waals surface area contributed by atoms with Gasteiger partial charge >= 0.3 is 0 Å². The summed E-state index contributed by atoms with van der Waals surface area (Å²) >= 11 is 0. The topological polar surface area (TPSA) is 29.5 Å². The lowest BCUT2D eigenvalue weighted by Gasteiger charge is -2.63. The van der Waals surface area contributed by atoms with Crippen molar-refractivity contribution in [3.63, 3.8) is 0 Å². The first kappa shape index (κ1) is 20.8. The minimum absolute atomic E-state index is 0.0602. The lowest BCUT2D eigenvalue weighted by molar-refractivity contribution is -0.211. The van der Waals surface area contributed by atoms with Gasteiger partial charge in [-0.1, -0.05) is 54.7 Å². The molecule has 140 valence electrons. The highest BCUT2D eigenvalue weighted by Crippen LogP contribution is 2.63. The molecule has 0 aromatic rings. The van der Waals surface area contributed by atoms with Gasteiger partial charge in [-0.15, -0.1) is 0 Å². The molecule has 6 atom stereocenters. The molecule has 24 heavy (non-hydrogen) atoms. The van der Waals surface area contributed by atoms with E-state index in [4.69, 9.17) is 4.52 Å². The quantitative estimate of drug-likeness (QED) is 0.346. The van der Waals surface area contributed by atoms with E-state index in [0.717, 1.165) is 12.8 Å². The van der Waals surface area contributed by atoms with Crippen LogP contribution in [0.1, 0.15) is 79.6 Å². The molecule has 2 aliphatic rings. The van der Waals surface area contributed by atoms with Crippen LogP contribution in [-0.4, -0.2) is 17.3 Å². The molecule has 0 radical (unpaired) electrons. The van der Waals surface area contributed by atoms with Crippen LogP contribution < -0.4 is 0 Å². The highest BCUT2D eigenvalue weighted by molar-refractivity contribution is 8.00. The summed E-state index contributed by atoms with van der Waals surface area (Å²) < 4.78 is 5.43. The fourth-order valence-electron chi connectivity index (χ4n) is 5.82. The third kappa shape index (κ3) is 3.93. The zero-order valence-electron chi connectivity index (χ0n) is 16.3. The molecule has 0 aromatic heterocycles. The van der Waals surface area contributed by atoms with E-state index in [1.807, 2.05) is 0 Å². The summed E-state index contributed by atoms with van der Waals surface area (Å²) in [6, 6.07) is 0. The van der Waals surface area contributed by atoms with Crippen molar-refractivity contribution in [2.45, 2.75) is 85.2 Å². The van der Waals surface area contributed by atoms with Crippen LogP contribution in [0.5, 0.6) is 0 Å². The maximum absolute atomic E-state index is 11.9. The fraction of sp³-hybridized carbons (Fsp3) is 0.900. The Balaban J connectivity index is 2.16. The van der Waals surface area contributed by atoms with Crippen LogP contribution in [0, 0.1) is 22.7 Å². The van der Waals surface area contributed by atoms with Crippen LogP contribution in [0.4, 0.5) is 0 Å². The third-order valence-electron chi connectivity index (χ3n) is 7.42. The molecule has 3 unspecified atom stereocenters. The highest BCUT2D eigenvalue weighted by atomic mass is 32.0. The fourth-order valence-corrected chi connectivity index (χ4v) is 6.29. The van der Waals surface area contributed by atoms with Gasteiger partial charge < -0.3 is 9.63 Å². The number of hydrogen-bond acceptors (Lipinski definition) is 2. The number of aliphatic hydroxyl groups is 1. The largest absolute Gasteiger partial charge is 0.389 e. The van der Waals surface area contributed by atoms with Gasteiger partial charge in [-0.25, -0.2) is 0 Å². The first-order valence-electron chi connectivity index (χ1n) is 9.63. The van der Waals surface area contributed by atoms with Crippen molar-refractivity contribution in [3.05, 3.63) is 11.6 Å². The number of hydrogen-bond donors (Lipinski definition) is 1. The zero-order valence-corrected chi connectivity index (χ0v) is 18.5. The minimum Gasteiger partial charge on any atom is -0.389 e. The second-order valence-corrected chi connectivity index (χ2v) is 10.4. The van der Waals surface area contributed by atoms with Crippen molar-refractivity contribution in [2.75, 3.05) is 6.61 Å². The van der Waals surface area contributed by atoms with Crippen LogP contribution in [0.25, 0.3) is 0 Å². The van der Waals surface area contributed by atoms with Gasteiger partial charge in [0.1, 0.15) is 0 Å². The van der Waals surface area contributed by atoms with Gasteiger partial charge in [0.25, 0.3) is 0 Å². The Morgan fingerprint density at radius 2 is 2.00 bits per heavy atom. The summed E-state index contributed by atoms with van der Waals surface area (Å²) in [6.45, 7) is 12.4. The molecule has 0 aromatic carbocycles. The van der Waals surface area contributed by atoms with E-state index in [0.29, 0.717) is 32.4 Å². The van der Waals surface area contributed by atoms with E-state index in [2.05, 4.69) is 49.6 Å². The molecular weight excluding hydrogens is 334 g/mol. The maximum Gasteiger partial charge on any atom is 0.0732 e. The zero-order chi connectivity index (χ0) is 18.0. The predicted molar refractivity (Wildman–Crippen MR) is 110 cm³/mol. The average molecular weight is 372 g/mol. The van der Waals surface area contributed by atoms with Crippen molar-refractivity contribution in [2.24, 2.45) is 22.7 Å². The van der Waals surface area contributed by atoms with Crippen molar-refractivity contribution >= 4 is 17.4 Å². The molecule has 2 nitrogen and oxygen atoms in total. The van der Waals surface area contributed by atoms with Crippen LogP contribution in [0.15, 0.2) is 11.6 Å². The Morgan fingerprint density at radius 1 is 1.29 bits per heavy atom. The van der Waals surface area contributed by atoms with Gasteiger partial charge in [0.2, 0.25) is 0 Å². The van der Waals surface area contributed by atoms with Gasteiger partial charge in [0, 0.05) is 8.50 Å². The SMILES string of the molecule is C/C(=C\COPP)CC[C@@]1(O)[C@H](C)CCC2C(C)(C)CCC[C@@]21C. The van der Waals surface area contributed by atoms with E-state index in [-0.39, 0.29) is 5.41 Å². The molecule has 2 rings (SSSR count). The molecule has 0 amide bonds. The van der Waals surface area contributed by atoms with E-state index >= 15 is 0 Å². The Morgan fingerprint density at radius 3 is 2.67 bits per heavy atom. The lowest BCUT2D eigenvalue weighted by atomic mass is 9.44. The molecule has 2 saturated carbocycles. The van der Waals surface area contributed by atoms with Gasteiger partial charge in [-0.05, 0) is 68.1 Å². The molecule has 0 aliphatic heterocycles. The summed E-state index contributed by atoms with van der Waals surface area (Å²) in [5.41, 5.74) is 1.23. The first-order valence-corrected chi connectivity index (χ1v) is 12.3. The van der Waals surface area contributed by atoms with Crippen LogP contribution >= 0.6 is 17.4 Å². The van der Waals surface area contributed by atoms with Gasteiger partial charge in [-0.2, -0.15) is 0 Å². The second kappa shape index (κ2) is 8.04. The van der Waals surface area contributed by atoms with Gasteiger partial charge in [0.15, 0.2) is 0 Å². The molecule has 0 heterocycles. The molecule has 1 N–H and O–H groups in total. The molecule has 0 bridgehead atoms. The molecule has 2 fully saturated rings. The standard InChI is InChI=1S/C20H38O2P2/c1-15(10-14-22-24-23)9-13-20(21)16(2)7-8-17-18(3,4)11-6-12-19(17,20)5/h10,16-17,21,24H,6-9,11-14,23H2,1-5H3/b15-10+/t16-,17?,19+,20-/m1/s1. The Labute approximate surface area is 153 Å². The van der Waals surface area contributed by atoms with E-state index < -0.39 is 5.60 Å². The molecule has 0 spiro atoms. The van der Waals surface area contributed by atoms with Gasteiger partial charge in [-0.3, -0.25) is 0 Å². The summed E-state index contributed by atoms with van der Waals surface area (Å²) in [4.78, 5) is 0. The molecule has 2 aliphatic carbocycles. The second-order valence-electron chi connectivity index (χ2n) is 9.19. The normalized spacial score (nSPS) is 40.0. The summed E-state index contributed by atoms with van der Waals surface area (Å²) in [5.74, 6) is 1.04. The third-order valence-corrected chi connectivity index (χ3v) is 8.25. The van der Waals surface area contributed by atoms with Gasteiger partial charge in [0.05, 0.1) is 12.2 Å². The average Bonchev–Trinajstić information content (AvgIpc) is 2.50. The van der Waals surface area contributed by atoms with Crippen molar-refractivity contribution in [1.29, 1.82) is 0 Å². The maximum atomic E-state index is 11.9. The lowest BCUT2D eigenvalue weighted by Crippen LogP contribution is -2.62. The van der Waals surface area contributed by atoms with Crippen LogP contribution in [0.3, 0.4) is 0 Å². The van der Waals surface area contributed by atoms with Crippen LogP contribution in [0.2, 0.25) is 0 Å². The summed E-state index contributed by atoms with van der Waals surface area (Å²) in [6.07, 6.45) is 10.2. The number of fused-ring (bicyclic) bond motifs is 1. The summed E-state index contributed by atoms with van der Waals surface area (Å²) in [7, 11) is 3.08. The van der Waals surface area contributed by atoms with Crippen molar-refractivity contribution in [1.82, 2.24) is 0 Å². The van der Waals surface area contributed by atoms with Crippen LogP contribution in [-0.2, 0) is 4.52 Å². The van der Waals surface area contributed by atoms with E-state index in [1.165, 1.54) is 37.7 Å². The minimum atomic E-state index is -0.536. The molecule has 4 heteroatoms. The highest BCUT2D eigenvalue weighted by Gasteiger charge is 2.60. The molecular formula is C20H38O2P2.